The molecule has 1 aromatic rings. The average Bonchev–Trinajstić information content (AvgIpc) is 2.88. The molecule has 2 aliphatic heterocycles. The summed E-state index contributed by atoms with van der Waals surface area (Å²) in [5.74, 6) is 0.00768. The molecule has 9 nitrogen and oxygen atoms in total. The number of aromatic nitrogens is 2. The third-order valence-corrected chi connectivity index (χ3v) is 5.72. The number of aliphatic hydroxyl groups is 2. The highest BCUT2D eigenvalue weighted by Gasteiger charge is 2.52. The molecule has 3 N–H and O–H groups in total. The van der Waals surface area contributed by atoms with E-state index in [9.17, 15) is 9.90 Å². The van der Waals surface area contributed by atoms with Crippen LogP contribution in [0.2, 0.25) is 0 Å². The van der Waals surface area contributed by atoms with Crippen molar-refractivity contribution >= 4 is 24.4 Å². The van der Waals surface area contributed by atoms with E-state index in [2.05, 4.69) is 15.3 Å². The summed E-state index contributed by atoms with van der Waals surface area (Å²) in [5, 5.41) is 21.7. The maximum atomic E-state index is 12.1. The molecule has 2 saturated heterocycles. The lowest BCUT2D eigenvalue weighted by Gasteiger charge is -2.34. The van der Waals surface area contributed by atoms with Gasteiger partial charge in [-0.05, 0) is 40.5 Å². The van der Waals surface area contributed by atoms with Gasteiger partial charge in [-0.3, -0.25) is 4.79 Å². The third-order valence-electron chi connectivity index (χ3n) is 5.72. The van der Waals surface area contributed by atoms with Crippen LogP contribution in [0.5, 0.6) is 0 Å². The van der Waals surface area contributed by atoms with Gasteiger partial charge in [0.2, 0.25) is 5.95 Å². The maximum Gasteiger partial charge on any atom is 0.498 e. The minimum Gasteiger partial charge on any atom is -0.399 e. The molecule has 28 heavy (non-hydrogen) atoms. The number of hydrogen-bond donors (Lipinski definition) is 3. The Balaban J connectivity index is 1.60. The van der Waals surface area contributed by atoms with Gasteiger partial charge in [-0.25, -0.2) is 9.97 Å². The smallest absolute Gasteiger partial charge is 0.399 e. The van der Waals surface area contributed by atoms with Gasteiger partial charge >= 0.3 is 7.12 Å². The van der Waals surface area contributed by atoms with Crippen LogP contribution >= 0.6 is 0 Å². The summed E-state index contributed by atoms with van der Waals surface area (Å²) in [6, 6.07) is -0.0220. The summed E-state index contributed by atoms with van der Waals surface area (Å²) < 4.78 is 12.0. The molecular weight excluding hydrogens is 363 g/mol. The van der Waals surface area contributed by atoms with Crippen LogP contribution in [-0.2, 0) is 14.1 Å². The second-order valence-corrected chi connectivity index (χ2v) is 8.39. The van der Waals surface area contributed by atoms with Gasteiger partial charge in [-0.2, -0.15) is 0 Å². The predicted molar refractivity (Wildman–Crippen MR) is 104 cm³/mol. The van der Waals surface area contributed by atoms with E-state index in [0.29, 0.717) is 19.0 Å². The van der Waals surface area contributed by atoms with Crippen molar-refractivity contribution in [2.24, 2.45) is 0 Å². The van der Waals surface area contributed by atoms with Crippen LogP contribution in [0, 0.1) is 0 Å². The van der Waals surface area contributed by atoms with E-state index in [-0.39, 0.29) is 6.04 Å². The zero-order chi connectivity index (χ0) is 20.5. The summed E-state index contributed by atoms with van der Waals surface area (Å²) in [5.41, 5.74) is -0.104. The first kappa shape index (κ1) is 21.0. The SMILES string of the molecule is CC1(C)OB(c2cnc(N[C@H]3CCCN(C(=O)C(O)CO)C3)nc2)OC1(C)C. The van der Waals surface area contributed by atoms with Crippen LogP contribution in [-0.4, -0.2) is 81.2 Å². The number of carbonyl (C=O) groups is 1. The van der Waals surface area contributed by atoms with Gasteiger partial charge < -0.3 is 29.7 Å². The first-order valence-electron chi connectivity index (χ1n) is 9.65. The summed E-state index contributed by atoms with van der Waals surface area (Å²) in [4.78, 5) is 22.3. The van der Waals surface area contributed by atoms with Crippen molar-refractivity contribution in [1.29, 1.82) is 0 Å². The molecule has 0 saturated carbocycles. The van der Waals surface area contributed by atoms with E-state index in [1.54, 1.807) is 17.3 Å². The van der Waals surface area contributed by atoms with Gasteiger partial charge in [0, 0.05) is 37.0 Å². The van der Waals surface area contributed by atoms with Gasteiger partial charge in [0.05, 0.1) is 17.8 Å². The van der Waals surface area contributed by atoms with Crippen molar-refractivity contribution in [3.63, 3.8) is 0 Å². The standard InChI is InChI=1S/C18H29BN4O5/c1-17(2)18(3,4)28-19(27-17)12-8-20-16(21-9-12)22-13-6-5-7-23(10-13)15(26)14(25)11-24/h8-9,13-14,24-25H,5-7,10-11H2,1-4H3,(H,20,21,22)/t13-,14?/m0/s1. The van der Waals surface area contributed by atoms with Crippen molar-refractivity contribution in [1.82, 2.24) is 14.9 Å². The normalized spacial score (nSPS) is 24.9. The molecule has 2 atom stereocenters. The Labute approximate surface area is 165 Å². The van der Waals surface area contributed by atoms with Crippen molar-refractivity contribution in [2.75, 3.05) is 25.0 Å². The lowest BCUT2D eigenvalue weighted by Crippen LogP contribution is -2.49. The largest absolute Gasteiger partial charge is 0.498 e. The van der Waals surface area contributed by atoms with E-state index in [1.165, 1.54) is 0 Å². The Hall–Kier alpha value is -1.75. The molecule has 0 aliphatic carbocycles. The number of carbonyl (C=O) groups excluding carboxylic acids is 1. The van der Waals surface area contributed by atoms with Crippen LogP contribution in [0.1, 0.15) is 40.5 Å². The second kappa shape index (κ2) is 7.94. The molecule has 1 aromatic heterocycles. The van der Waals surface area contributed by atoms with Crippen molar-refractivity contribution in [3.8, 4) is 0 Å². The van der Waals surface area contributed by atoms with E-state index < -0.39 is 36.9 Å². The zero-order valence-corrected chi connectivity index (χ0v) is 16.9. The number of rotatable bonds is 5. The van der Waals surface area contributed by atoms with Crippen LogP contribution < -0.4 is 10.8 Å². The lowest BCUT2D eigenvalue weighted by molar-refractivity contribution is -0.143. The molecule has 1 amide bonds. The summed E-state index contributed by atoms with van der Waals surface area (Å²) >= 11 is 0. The first-order chi connectivity index (χ1) is 13.1. The minimum atomic E-state index is -1.37. The predicted octanol–water partition coefficient (Wildman–Crippen LogP) is -0.468. The molecule has 2 fully saturated rings. The molecule has 10 heteroatoms. The quantitative estimate of drug-likeness (QED) is 0.576. The molecule has 1 unspecified atom stereocenters. The molecule has 0 spiro atoms. The molecule has 2 aliphatic rings. The van der Waals surface area contributed by atoms with E-state index in [0.717, 1.165) is 18.3 Å². The molecule has 0 aromatic carbocycles. The fourth-order valence-corrected chi connectivity index (χ4v) is 3.28. The Kier molecular flexibility index (Phi) is 5.95. The number of amides is 1. The van der Waals surface area contributed by atoms with Gasteiger partial charge in [-0.15, -0.1) is 0 Å². The maximum absolute atomic E-state index is 12.1. The van der Waals surface area contributed by atoms with Gasteiger partial charge in [0.1, 0.15) is 0 Å². The number of nitrogens with one attached hydrogen (secondary N) is 1. The van der Waals surface area contributed by atoms with Gasteiger partial charge in [0.15, 0.2) is 6.10 Å². The fraction of sp³-hybridized carbons (Fsp3) is 0.722. The number of anilines is 1. The highest BCUT2D eigenvalue weighted by atomic mass is 16.7. The monoisotopic (exact) mass is 392 g/mol. The summed E-state index contributed by atoms with van der Waals surface area (Å²) in [6.07, 6.45) is 3.65. The highest BCUT2D eigenvalue weighted by Crippen LogP contribution is 2.36. The van der Waals surface area contributed by atoms with E-state index in [1.807, 2.05) is 27.7 Å². The summed E-state index contributed by atoms with van der Waals surface area (Å²) in [6.45, 7) is 8.40. The first-order valence-corrected chi connectivity index (χ1v) is 9.65. The van der Waals surface area contributed by atoms with Crippen molar-refractivity contribution < 1.29 is 24.3 Å². The van der Waals surface area contributed by atoms with Gasteiger partial charge in [-0.1, -0.05) is 0 Å². The third kappa shape index (κ3) is 4.30. The second-order valence-electron chi connectivity index (χ2n) is 8.39. The van der Waals surface area contributed by atoms with E-state index >= 15 is 0 Å². The van der Waals surface area contributed by atoms with Crippen LogP contribution in [0.15, 0.2) is 12.4 Å². The Morgan fingerprint density at radius 2 is 1.93 bits per heavy atom. The zero-order valence-electron chi connectivity index (χ0n) is 16.9. The average molecular weight is 392 g/mol. The topological polar surface area (TPSA) is 117 Å². The molecule has 0 radical (unpaired) electrons. The summed E-state index contributed by atoms with van der Waals surface area (Å²) in [7, 11) is -0.512. The number of aliphatic hydroxyl groups excluding tert-OH is 2. The number of nitrogens with zero attached hydrogens (tertiary/aromatic N) is 3. The lowest BCUT2D eigenvalue weighted by atomic mass is 9.81. The molecule has 154 valence electrons. The minimum absolute atomic E-state index is 0.0220. The number of hydrogen-bond acceptors (Lipinski definition) is 8. The van der Waals surface area contributed by atoms with Gasteiger partial charge in [0.25, 0.3) is 5.91 Å². The Morgan fingerprint density at radius 1 is 1.32 bits per heavy atom. The van der Waals surface area contributed by atoms with Crippen LogP contribution in [0.3, 0.4) is 0 Å². The fourth-order valence-electron chi connectivity index (χ4n) is 3.28. The number of likely N-dealkylation sites (tertiary alicyclic amines) is 1. The molecule has 3 heterocycles. The van der Waals surface area contributed by atoms with Crippen LogP contribution in [0.4, 0.5) is 5.95 Å². The highest BCUT2D eigenvalue weighted by molar-refractivity contribution is 6.61. The van der Waals surface area contributed by atoms with Crippen molar-refractivity contribution in [2.45, 2.75) is 63.9 Å². The molecule has 0 bridgehead atoms. The van der Waals surface area contributed by atoms with E-state index in [4.69, 9.17) is 14.4 Å². The Bertz CT molecular complexity index is 684. The van der Waals surface area contributed by atoms with Crippen molar-refractivity contribution in [3.05, 3.63) is 12.4 Å². The molecule has 3 rings (SSSR count). The van der Waals surface area contributed by atoms with Crippen LogP contribution in [0.25, 0.3) is 0 Å². The molecular formula is C18H29BN4O5. The Morgan fingerprint density at radius 3 is 2.50 bits per heavy atom. The number of piperidine rings is 1.